The minimum absolute atomic E-state index is 0.0157. The Hall–Kier alpha value is -3.34. The molecule has 3 amide bonds. The average molecular weight is 411 g/mol. The number of aromatic nitrogens is 4. The van der Waals surface area contributed by atoms with E-state index in [-0.39, 0.29) is 16.9 Å². The zero-order valence-corrected chi connectivity index (χ0v) is 16.1. The largest absolute Gasteiger partial charge is 0.350 e. The minimum atomic E-state index is -0.432. The van der Waals surface area contributed by atoms with Gasteiger partial charge in [0.15, 0.2) is 0 Å². The van der Waals surface area contributed by atoms with Crippen molar-refractivity contribution >= 4 is 40.8 Å². The molecule has 2 aromatic rings. The summed E-state index contributed by atoms with van der Waals surface area (Å²) < 4.78 is 0. The Kier molecular flexibility index (Phi) is 5.47. The Bertz CT molecular complexity index is 982. The van der Waals surface area contributed by atoms with Gasteiger partial charge < -0.3 is 10.2 Å². The summed E-state index contributed by atoms with van der Waals surface area (Å²) in [5, 5.41) is 5.05. The molecule has 2 saturated heterocycles. The monoisotopic (exact) mass is 411 g/mol. The summed E-state index contributed by atoms with van der Waals surface area (Å²) in [6.07, 6.45) is 9.31. The lowest BCUT2D eigenvalue weighted by molar-refractivity contribution is -0.115. The minimum Gasteiger partial charge on any atom is -0.350 e. The molecule has 0 unspecified atom stereocenters. The van der Waals surface area contributed by atoms with E-state index in [4.69, 9.17) is 0 Å². The van der Waals surface area contributed by atoms with Gasteiger partial charge in [-0.25, -0.2) is 15.0 Å². The number of thioether (sulfide) groups is 1. The van der Waals surface area contributed by atoms with E-state index < -0.39 is 11.1 Å². The van der Waals surface area contributed by atoms with Crippen LogP contribution in [-0.2, 0) is 4.79 Å². The van der Waals surface area contributed by atoms with E-state index in [9.17, 15) is 14.4 Å². The number of nitrogens with zero attached hydrogens (tertiary/aromatic N) is 5. The van der Waals surface area contributed by atoms with Crippen LogP contribution in [-0.4, -0.2) is 61.0 Å². The van der Waals surface area contributed by atoms with E-state index in [0.29, 0.717) is 30.4 Å². The van der Waals surface area contributed by atoms with E-state index in [2.05, 4.69) is 30.6 Å². The van der Waals surface area contributed by atoms with Crippen molar-refractivity contribution < 1.29 is 14.4 Å². The maximum Gasteiger partial charge on any atom is 0.290 e. The van der Waals surface area contributed by atoms with Crippen LogP contribution in [0.15, 0.2) is 35.8 Å². The molecular formula is C18H17N7O3S. The fraction of sp³-hybridized carbons (Fsp3) is 0.278. The topological polar surface area (TPSA) is 130 Å². The first-order chi connectivity index (χ1) is 14.1. The number of anilines is 1. The maximum atomic E-state index is 12.6. The van der Waals surface area contributed by atoms with Crippen LogP contribution in [0.5, 0.6) is 0 Å². The summed E-state index contributed by atoms with van der Waals surface area (Å²) in [4.78, 5) is 54.2. The van der Waals surface area contributed by atoms with Crippen LogP contribution in [0.1, 0.15) is 29.0 Å². The lowest BCUT2D eigenvalue weighted by atomic mass is 10.1. The molecule has 29 heavy (non-hydrogen) atoms. The predicted molar refractivity (Wildman–Crippen MR) is 106 cm³/mol. The molecule has 2 N–H and O–H groups in total. The van der Waals surface area contributed by atoms with Gasteiger partial charge in [-0.3, -0.25) is 24.7 Å². The summed E-state index contributed by atoms with van der Waals surface area (Å²) in [6, 6.07) is 1.64. The molecule has 1 atom stereocenters. The molecule has 4 rings (SSSR count). The molecule has 2 aromatic heterocycles. The van der Waals surface area contributed by atoms with Gasteiger partial charge in [0.2, 0.25) is 5.95 Å². The maximum absolute atomic E-state index is 12.6. The van der Waals surface area contributed by atoms with Gasteiger partial charge in [-0.1, -0.05) is 0 Å². The highest BCUT2D eigenvalue weighted by atomic mass is 32.2. The van der Waals surface area contributed by atoms with Gasteiger partial charge >= 0.3 is 0 Å². The molecule has 0 bridgehead atoms. The van der Waals surface area contributed by atoms with Gasteiger partial charge in [-0.2, -0.15) is 0 Å². The first kappa shape index (κ1) is 19.0. The molecule has 2 fully saturated rings. The van der Waals surface area contributed by atoms with Gasteiger partial charge in [0, 0.05) is 37.7 Å². The van der Waals surface area contributed by atoms with Crippen LogP contribution in [0.4, 0.5) is 10.7 Å². The smallest absolute Gasteiger partial charge is 0.290 e. The average Bonchev–Trinajstić information content (AvgIpc) is 3.05. The van der Waals surface area contributed by atoms with E-state index in [0.717, 1.165) is 24.6 Å². The second-order valence-electron chi connectivity index (χ2n) is 6.48. The van der Waals surface area contributed by atoms with Crippen LogP contribution in [0.2, 0.25) is 0 Å². The summed E-state index contributed by atoms with van der Waals surface area (Å²) in [7, 11) is 0. The Balaban J connectivity index is 1.43. The van der Waals surface area contributed by atoms with Crippen molar-refractivity contribution in [2.45, 2.75) is 18.9 Å². The van der Waals surface area contributed by atoms with E-state index in [1.807, 2.05) is 0 Å². The standard InChI is InChI=1S/C18H17N7O3S/c26-15-14(29-18(28)24-15)8-11-3-4-21-17(22-11)23-12-2-1-7-25(10-12)16(27)13-9-19-5-6-20-13/h3-6,8-9,12H,1-2,7,10H2,(H,21,22,23)(H,24,26,28)/b14-8-/t12-/m0/s1. The van der Waals surface area contributed by atoms with E-state index >= 15 is 0 Å². The molecule has 0 aromatic carbocycles. The Labute approximate surface area is 170 Å². The Morgan fingerprint density at radius 1 is 1.28 bits per heavy atom. The highest BCUT2D eigenvalue weighted by Crippen LogP contribution is 2.25. The number of piperidine rings is 1. The number of imide groups is 1. The summed E-state index contributed by atoms with van der Waals surface area (Å²) in [6.45, 7) is 1.15. The molecule has 0 radical (unpaired) electrons. The molecule has 10 nitrogen and oxygen atoms in total. The molecular weight excluding hydrogens is 394 g/mol. The Morgan fingerprint density at radius 3 is 2.93 bits per heavy atom. The predicted octanol–water partition coefficient (Wildman–Crippen LogP) is 1.31. The lowest BCUT2D eigenvalue weighted by Gasteiger charge is -2.32. The van der Waals surface area contributed by atoms with Crippen LogP contribution in [0.25, 0.3) is 6.08 Å². The number of nitrogens with one attached hydrogen (secondary N) is 2. The van der Waals surface area contributed by atoms with Crippen molar-refractivity contribution in [2.75, 3.05) is 18.4 Å². The number of amides is 3. The quantitative estimate of drug-likeness (QED) is 0.715. The molecule has 4 heterocycles. The molecule has 0 aliphatic carbocycles. The fourth-order valence-corrected chi connectivity index (χ4v) is 3.78. The molecule has 2 aliphatic heterocycles. The van der Waals surface area contributed by atoms with Gasteiger partial charge in [-0.15, -0.1) is 0 Å². The second kappa shape index (κ2) is 8.35. The van der Waals surface area contributed by atoms with E-state index in [1.54, 1.807) is 23.2 Å². The highest BCUT2D eigenvalue weighted by Gasteiger charge is 2.27. The van der Waals surface area contributed by atoms with Crippen molar-refractivity contribution in [1.82, 2.24) is 30.2 Å². The number of carbonyl (C=O) groups excluding carboxylic acids is 3. The number of likely N-dealkylation sites (tertiary alicyclic amines) is 1. The zero-order valence-electron chi connectivity index (χ0n) is 15.2. The number of carbonyl (C=O) groups is 3. The molecule has 11 heteroatoms. The number of rotatable bonds is 4. The first-order valence-corrected chi connectivity index (χ1v) is 9.80. The summed E-state index contributed by atoms with van der Waals surface area (Å²) in [5.41, 5.74) is 0.832. The van der Waals surface area contributed by atoms with Gasteiger partial charge in [-0.05, 0) is 36.7 Å². The zero-order chi connectivity index (χ0) is 20.2. The van der Waals surface area contributed by atoms with Crippen molar-refractivity contribution in [2.24, 2.45) is 0 Å². The van der Waals surface area contributed by atoms with Crippen LogP contribution in [0, 0.1) is 0 Å². The summed E-state index contributed by atoms with van der Waals surface area (Å²) >= 11 is 0.837. The van der Waals surface area contributed by atoms with Gasteiger partial charge in [0.05, 0.1) is 16.8 Å². The van der Waals surface area contributed by atoms with Crippen molar-refractivity contribution in [3.8, 4) is 0 Å². The van der Waals surface area contributed by atoms with Crippen molar-refractivity contribution in [3.05, 3.63) is 47.1 Å². The van der Waals surface area contributed by atoms with Gasteiger partial charge in [0.25, 0.3) is 17.1 Å². The molecule has 0 spiro atoms. The molecule has 148 valence electrons. The summed E-state index contributed by atoms with van der Waals surface area (Å²) in [5.74, 6) is -0.190. The SMILES string of the molecule is O=C1NC(=O)/C(=C/c2ccnc(N[C@H]3CCCN(C(=O)c4cnccn4)C3)n2)S1. The Morgan fingerprint density at radius 2 is 2.17 bits per heavy atom. The molecule has 2 aliphatic rings. The lowest BCUT2D eigenvalue weighted by Crippen LogP contribution is -2.45. The van der Waals surface area contributed by atoms with E-state index in [1.165, 1.54) is 18.6 Å². The van der Waals surface area contributed by atoms with Gasteiger partial charge in [0.1, 0.15) is 5.69 Å². The van der Waals surface area contributed by atoms with Crippen LogP contribution < -0.4 is 10.6 Å². The first-order valence-electron chi connectivity index (χ1n) is 8.98. The fourth-order valence-electron chi connectivity index (χ4n) is 3.11. The normalized spacial score (nSPS) is 20.6. The van der Waals surface area contributed by atoms with Crippen molar-refractivity contribution in [3.63, 3.8) is 0 Å². The molecule has 0 saturated carbocycles. The third kappa shape index (κ3) is 4.57. The number of hydrogen-bond donors (Lipinski definition) is 2. The number of hydrogen-bond acceptors (Lipinski definition) is 9. The van der Waals surface area contributed by atoms with Crippen molar-refractivity contribution in [1.29, 1.82) is 0 Å². The van der Waals surface area contributed by atoms with Crippen LogP contribution in [0.3, 0.4) is 0 Å². The second-order valence-corrected chi connectivity index (χ2v) is 7.50. The third-order valence-electron chi connectivity index (χ3n) is 4.42. The third-order valence-corrected chi connectivity index (χ3v) is 5.23. The highest BCUT2D eigenvalue weighted by molar-refractivity contribution is 8.18. The van der Waals surface area contributed by atoms with Crippen LogP contribution >= 0.6 is 11.8 Å².